The number of nitrogens with one attached hydrogen (secondary N) is 2. The molecule has 0 spiro atoms. The molecule has 0 aliphatic carbocycles. The van der Waals surface area contributed by atoms with Crippen molar-refractivity contribution < 1.29 is 22.5 Å². The van der Waals surface area contributed by atoms with Gasteiger partial charge in [-0.2, -0.15) is 22.7 Å². The summed E-state index contributed by atoms with van der Waals surface area (Å²) in [6, 6.07) is 6.55. The average Bonchev–Trinajstić information content (AvgIpc) is 3.35. The van der Waals surface area contributed by atoms with Crippen molar-refractivity contribution in [2.24, 2.45) is 0 Å². The second-order valence-electron chi connectivity index (χ2n) is 7.03. The Bertz CT molecular complexity index is 1280. The Labute approximate surface area is 171 Å². The third kappa shape index (κ3) is 3.51. The first-order valence-electron chi connectivity index (χ1n) is 9.51. The van der Waals surface area contributed by atoms with E-state index in [2.05, 4.69) is 35.8 Å². The van der Waals surface area contributed by atoms with Crippen LogP contribution in [0.5, 0.6) is 0 Å². The van der Waals surface area contributed by atoms with Crippen molar-refractivity contribution in [1.29, 1.82) is 0 Å². The Morgan fingerprint density at radius 2 is 2.00 bits per heavy atom. The number of benzene rings is 1. The molecule has 0 bridgehead atoms. The molecule has 5 rings (SSSR count). The van der Waals surface area contributed by atoms with E-state index >= 15 is 0 Å². The molecule has 1 aromatic carbocycles. The molecule has 10 nitrogen and oxygen atoms in total. The number of halogens is 3. The second kappa shape index (κ2) is 7.18. The number of anilines is 1. The zero-order valence-electron chi connectivity index (χ0n) is 15.8. The van der Waals surface area contributed by atoms with Crippen molar-refractivity contribution in [2.75, 3.05) is 11.9 Å². The van der Waals surface area contributed by atoms with Crippen LogP contribution in [0.4, 0.5) is 19.1 Å². The van der Waals surface area contributed by atoms with Gasteiger partial charge in [-0.25, -0.2) is 9.97 Å². The van der Waals surface area contributed by atoms with Crippen LogP contribution in [0.2, 0.25) is 0 Å². The maximum atomic E-state index is 12.8. The normalized spacial score (nSPS) is 17.6. The first-order valence-corrected chi connectivity index (χ1v) is 9.51. The summed E-state index contributed by atoms with van der Waals surface area (Å²) in [5.41, 5.74) is 0.899. The van der Waals surface area contributed by atoms with Crippen LogP contribution in [0.1, 0.15) is 25.1 Å². The monoisotopic (exact) mass is 432 g/mol. The maximum Gasteiger partial charge on any atom is 0.455 e. The van der Waals surface area contributed by atoms with Gasteiger partial charge >= 0.3 is 6.18 Å². The Morgan fingerprint density at radius 1 is 1.16 bits per heavy atom. The summed E-state index contributed by atoms with van der Waals surface area (Å²) in [5.74, 6) is -2.01. The number of para-hydroxylation sites is 1. The number of aromatic nitrogens is 6. The number of nitrogens with zero attached hydrogens (tertiary/aromatic N) is 6. The number of hydrogen-bond acceptors (Lipinski definition) is 8. The number of hydrogen-bond donors (Lipinski definition) is 2. The summed E-state index contributed by atoms with van der Waals surface area (Å²) in [4.78, 5) is 24.5. The summed E-state index contributed by atoms with van der Waals surface area (Å²) in [6.45, 7) is 0.601. The fourth-order valence-electron chi connectivity index (χ4n) is 3.40. The fourth-order valence-corrected chi connectivity index (χ4v) is 3.40. The van der Waals surface area contributed by atoms with Gasteiger partial charge < -0.3 is 15.2 Å². The van der Waals surface area contributed by atoms with Crippen LogP contribution >= 0.6 is 0 Å². The van der Waals surface area contributed by atoms with Gasteiger partial charge in [-0.1, -0.05) is 17.3 Å². The number of fused-ring (bicyclic) bond motifs is 3. The molecule has 1 aliphatic heterocycles. The summed E-state index contributed by atoms with van der Waals surface area (Å²) < 4.78 is 44.6. The van der Waals surface area contributed by atoms with E-state index in [1.165, 1.54) is 4.52 Å². The molecular weight excluding hydrogens is 417 g/mol. The number of alkyl halides is 3. The first-order chi connectivity index (χ1) is 14.9. The Kier molecular flexibility index (Phi) is 4.45. The highest BCUT2D eigenvalue weighted by Crippen LogP contribution is 2.29. The van der Waals surface area contributed by atoms with Gasteiger partial charge in [0, 0.05) is 11.9 Å². The Morgan fingerprint density at radius 3 is 2.81 bits per heavy atom. The van der Waals surface area contributed by atoms with Crippen molar-refractivity contribution >= 4 is 28.4 Å². The summed E-state index contributed by atoms with van der Waals surface area (Å²) in [7, 11) is 0. The molecule has 160 valence electrons. The minimum atomic E-state index is -4.76. The molecule has 0 unspecified atom stereocenters. The van der Waals surface area contributed by atoms with Crippen molar-refractivity contribution in [3.05, 3.63) is 30.1 Å². The highest BCUT2D eigenvalue weighted by molar-refractivity contribution is 5.93. The summed E-state index contributed by atoms with van der Waals surface area (Å²) >= 11 is 0. The molecule has 0 saturated carbocycles. The van der Waals surface area contributed by atoms with Crippen molar-refractivity contribution in [2.45, 2.75) is 31.5 Å². The smallest absolute Gasteiger partial charge is 0.354 e. The van der Waals surface area contributed by atoms with Crippen LogP contribution in [0.3, 0.4) is 0 Å². The van der Waals surface area contributed by atoms with Crippen LogP contribution in [0, 0.1) is 0 Å². The molecule has 3 aromatic heterocycles. The van der Waals surface area contributed by atoms with Gasteiger partial charge in [0.25, 0.3) is 11.7 Å². The van der Waals surface area contributed by atoms with Gasteiger partial charge in [0.05, 0.1) is 5.52 Å². The number of carbonyl (C=O) groups is 1. The van der Waals surface area contributed by atoms with Crippen LogP contribution < -0.4 is 10.6 Å². The molecule has 1 atom stereocenters. The SMILES string of the molecule is O=C1NCCCC[C@H]1Nc1nc2ccccc2c2nc(-c3nc(C(F)(F)F)no3)nn12. The number of carbonyl (C=O) groups excluding carboxylic acids is 1. The van der Waals surface area contributed by atoms with Gasteiger partial charge in [-0.15, -0.1) is 5.10 Å². The van der Waals surface area contributed by atoms with Crippen molar-refractivity contribution in [3.63, 3.8) is 0 Å². The average molecular weight is 432 g/mol. The molecule has 4 heterocycles. The van der Waals surface area contributed by atoms with Crippen molar-refractivity contribution in [3.8, 4) is 11.7 Å². The van der Waals surface area contributed by atoms with Crippen LogP contribution in [0.25, 0.3) is 28.3 Å². The molecule has 1 amide bonds. The van der Waals surface area contributed by atoms with E-state index in [-0.39, 0.29) is 17.7 Å². The van der Waals surface area contributed by atoms with Gasteiger partial charge in [0.1, 0.15) is 6.04 Å². The largest absolute Gasteiger partial charge is 0.455 e. The quantitative estimate of drug-likeness (QED) is 0.506. The third-order valence-electron chi connectivity index (χ3n) is 4.89. The van der Waals surface area contributed by atoms with Crippen LogP contribution in [-0.4, -0.2) is 48.2 Å². The van der Waals surface area contributed by atoms with Gasteiger partial charge in [-0.05, 0) is 31.4 Å². The van der Waals surface area contributed by atoms with E-state index in [1.807, 2.05) is 0 Å². The molecular formula is C18H15F3N8O2. The number of amides is 1. The minimum absolute atomic E-state index is 0.160. The van der Waals surface area contributed by atoms with Crippen LogP contribution in [0.15, 0.2) is 28.8 Å². The highest BCUT2D eigenvalue weighted by atomic mass is 19.4. The predicted octanol–water partition coefficient (Wildman–Crippen LogP) is 2.43. The highest BCUT2D eigenvalue weighted by Gasteiger charge is 2.38. The lowest BCUT2D eigenvalue weighted by Crippen LogP contribution is -2.38. The lowest BCUT2D eigenvalue weighted by Gasteiger charge is -2.16. The standard InChI is InChI=1S/C18H15F3N8O2/c19-18(20,21)16-26-15(31-28-16)12-25-13-9-5-1-2-6-10(9)23-17(29(13)27-12)24-11-7-3-4-8-22-14(11)30/h1-2,5-6,11H,3-4,7-8H2,(H,22,30)(H,23,24)/t11-/m1/s1. The van der Waals surface area contributed by atoms with E-state index in [9.17, 15) is 18.0 Å². The van der Waals surface area contributed by atoms with Gasteiger partial charge in [0.2, 0.25) is 17.7 Å². The zero-order valence-corrected chi connectivity index (χ0v) is 15.8. The van der Waals surface area contributed by atoms with E-state index in [0.717, 1.165) is 12.8 Å². The topological polar surface area (TPSA) is 123 Å². The van der Waals surface area contributed by atoms with Gasteiger partial charge in [-0.3, -0.25) is 4.79 Å². The molecule has 1 aliphatic rings. The van der Waals surface area contributed by atoms with E-state index in [0.29, 0.717) is 29.5 Å². The van der Waals surface area contributed by atoms with E-state index in [1.54, 1.807) is 24.3 Å². The zero-order chi connectivity index (χ0) is 21.6. The summed E-state index contributed by atoms with van der Waals surface area (Å²) in [5, 5.41) is 13.7. The molecule has 1 fully saturated rings. The van der Waals surface area contributed by atoms with Crippen LogP contribution in [-0.2, 0) is 11.0 Å². The molecule has 13 heteroatoms. The number of rotatable bonds is 3. The third-order valence-corrected chi connectivity index (χ3v) is 4.89. The van der Waals surface area contributed by atoms with E-state index < -0.39 is 23.9 Å². The van der Waals surface area contributed by atoms with Gasteiger partial charge in [0.15, 0.2) is 5.65 Å². The Balaban J connectivity index is 1.63. The molecule has 31 heavy (non-hydrogen) atoms. The fraction of sp³-hybridized carbons (Fsp3) is 0.333. The van der Waals surface area contributed by atoms with Crippen molar-refractivity contribution in [1.82, 2.24) is 35.0 Å². The molecule has 2 N–H and O–H groups in total. The van der Waals surface area contributed by atoms with E-state index in [4.69, 9.17) is 4.52 Å². The lowest BCUT2D eigenvalue weighted by molar-refractivity contribution is -0.146. The Hall–Kier alpha value is -3.77. The summed E-state index contributed by atoms with van der Waals surface area (Å²) in [6.07, 6.45) is -2.44. The molecule has 1 saturated heterocycles. The first kappa shape index (κ1) is 19.2. The molecule has 0 radical (unpaired) electrons. The second-order valence-corrected chi connectivity index (χ2v) is 7.03. The minimum Gasteiger partial charge on any atom is -0.354 e. The molecule has 4 aromatic rings. The predicted molar refractivity (Wildman–Crippen MR) is 101 cm³/mol. The lowest BCUT2D eigenvalue weighted by atomic mass is 10.1. The maximum absolute atomic E-state index is 12.8.